The van der Waals surface area contributed by atoms with E-state index in [9.17, 15) is 9.59 Å². The van der Waals surface area contributed by atoms with Crippen LogP contribution in [0.3, 0.4) is 0 Å². The van der Waals surface area contributed by atoms with E-state index < -0.39 is 5.92 Å². The Hall–Kier alpha value is -4.20. The number of likely N-dealkylation sites (tertiary alicyclic amines) is 1. The lowest BCUT2D eigenvalue weighted by molar-refractivity contribution is -0.129. The molecule has 2 amide bonds. The maximum absolute atomic E-state index is 13.4. The van der Waals surface area contributed by atoms with Crippen LogP contribution in [-0.4, -0.2) is 44.7 Å². The van der Waals surface area contributed by atoms with Crippen LogP contribution in [0, 0.1) is 5.92 Å². The minimum atomic E-state index is -0.480. The molecule has 1 saturated heterocycles. The molecule has 2 atom stereocenters. The number of aromatic nitrogens is 3. The highest BCUT2D eigenvalue weighted by molar-refractivity contribution is 5.98. The van der Waals surface area contributed by atoms with Crippen LogP contribution < -0.4 is 10.1 Å². The van der Waals surface area contributed by atoms with E-state index in [1.165, 1.54) is 0 Å². The summed E-state index contributed by atoms with van der Waals surface area (Å²) >= 11 is 0. The summed E-state index contributed by atoms with van der Waals surface area (Å²) in [4.78, 5) is 37.0. The molecule has 0 spiro atoms. The largest absolute Gasteiger partial charge is 0.497 e. The number of rotatable bonds is 8. The number of ether oxygens (including phenoxy) is 1. The van der Waals surface area contributed by atoms with Gasteiger partial charge in [0, 0.05) is 42.8 Å². The van der Waals surface area contributed by atoms with Crippen LogP contribution in [0.15, 0.2) is 73.2 Å². The quantitative estimate of drug-likeness (QED) is 0.391. The predicted molar refractivity (Wildman–Crippen MR) is 138 cm³/mol. The van der Waals surface area contributed by atoms with E-state index in [2.05, 4.69) is 22.2 Å². The van der Waals surface area contributed by atoms with Crippen LogP contribution in [-0.2, 0) is 9.59 Å². The fraction of sp³-hybridized carbons (Fsp3) is 0.286. The van der Waals surface area contributed by atoms with Gasteiger partial charge >= 0.3 is 0 Å². The third-order valence-electron chi connectivity index (χ3n) is 6.66. The lowest BCUT2D eigenvalue weighted by Crippen LogP contribution is -2.33. The van der Waals surface area contributed by atoms with Gasteiger partial charge in [-0.2, -0.15) is 0 Å². The Labute approximate surface area is 209 Å². The minimum absolute atomic E-state index is 0.0141. The van der Waals surface area contributed by atoms with E-state index in [-0.39, 0.29) is 24.3 Å². The summed E-state index contributed by atoms with van der Waals surface area (Å²) in [6.45, 7) is 2.73. The standard InChI is InChI=1S/C28H29N5O3/c1-3-4-16-33-25(34)17-23(26(33)20-8-12-22(36-2)13-9-20)27(35)30-21-10-6-19(7-11-21)24-18-32-15-5-14-29-28(32)31-24/h5-15,18,23,26H,3-4,16-17H2,1-2H3,(H,30,35). The smallest absolute Gasteiger partial charge is 0.234 e. The Bertz CT molecular complexity index is 1330. The van der Waals surface area contributed by atoms with E-state index in [4.69, 9.17) is 4.74 Å². The van der Waals surface area contributed by atoms with Gasteiger partial charge in [-0.3, -0.25) is 14.0 Å². The Balaban J connectivity index is 1.35. The number of hydrogen-bond acceptors (Lipinski definition) is 5. The van der Waals surface area contributed by atoms with Gasteiger partial charge in [0.1, 0.15) is 5.75 Å². The summed E-state index contributed by atoms with van der Waals surface area (Å²) in [7, 11) is 1.62. The Morgan fingerprint density at radius 3 is 2.61 bits per heavy atom. The van der Waals surface area contributed by atoms with Crippen LogP contribution >= 0.6 is 0 Å². The first-order valence-corrected chi connectivity index (χ1v) is 12.2. The highest BCUT2D eigenvalue weighted by Crippen LogP contribution is 2.39. The highest BCUT2D eigenvalue weighted by Gasteiger charge is 2.44. The van der Waals surface area contributed by atoms with Crippen molar-refractivity contribution in [3.8, 4) is 17.0 Å². The SMILES string of the molecule is CCCCN1C(=O)CC(C(=O)Nc2ccc(-c3cn4cccnc4n3)cc2)C1c1ccc(OC)cc1. The Kier molecular flexibility index (Phi) is 6.66. The molecule has 3 heterocycles. The number of hydrogen-bond donors (Lipinski definition) is 1. The molecule has 2 aromatic carbocycles. The first-order valence-electron chi connectivity index (χ1n) is 12.2. The number of anilines is 1. The molecule has 0 radical (unpaired) electrons. The molecule has 1 aliphatic rings. The highest BCUT2D eigenvalue weighted by atomic mass is 16.5. The van der Waals surface area contributed by atoms with Gasteiger partial charge in [0.2, 0.25) is 17.6 Å². The summed E-state index contributed by atoms with van der Waals surface area (Å²) in [6, 6.07) is 16.7. The van der Waals surface area contributed by atoms with Crippen LogP contribution in [0.5, 0.6) is 5.75 Å². The zero-order valence-electron chi connectivity index (χ0n) is 20.4. The summed E-state index contributed by atoms with van der Waals surface area (Å²) in [5.41, 5.74) is 3.35. The number of benzene rings is 2. The second-order valence-corrected chi connectivity index (χ2v) is 8.99. The number of carbonyl (C=O) groups excluding carboxylic acids is 2. The van der Waals surface area contributed by atoms with Gasteiger partial charge in [0.05, 0.1) is 24.8 Å². The second-order valence-electron chi connectivity index (χ2n) is 8.99. The zero-order valence-corrected chi connectivity index (χ0v) is 20.4. The summed E-state index contributed by atoms with van der Waals surface area (Å²) in [6.07, 6.45) is 7.60. The van der Waals surface area contributed by atoms with Gasteiger partial charge in [-0.25, -0.2) is 9.97 Å². The van der Waals surface area contributed by atoms with E-state index in [0.717, 1.165) is 35.4 Å². The molecule has 8 nitrogen and oxygen atoms in total. The Morgan fingerprint density at radius 2 is 1.92 bits per heavy atom. The van der Waals surface area contributed by atoms with Gasteiger partial charge in [-0.1, -0.05) is 37.6 Å². The number of unbranched alkanes of at least 4 members (excludes halogenated alkanes) is 1. The number of nitrogens with zero attached hydrogens (tertiary/aromatic N) is 4. The second kappa shape index (κ2) is 10.2. The van der Waals surface area contributed by atoms with Crippen molar-refractivity contribution in [2.24, 2.45) is 5.92 Å². The average molecular weight is 484 g/mol. The van der Waals surface area contributed by atoms with Crippen molar-refractivity contribution in [2.45, 2.75) is 32.2 Å². The molecule has 5 rings (SSSR count). The van der Waals surface area contributed by atoms with Gasteiger partial charge in [-0.05, 0) is 42.3 Å². The molecular formula is C28H29N5O3. The molecular weight excluding hydrogens is 454 g/mol. The molecule has 0 bridgehead atoms. The third-order valence-corrected chi connectivity index (χ3v) is 6.66. The van der Waals surface area contributed by atoms with Crippen LogP contribution in [0.25, 0.3) is 17.0 Å². The minimum Gasteiger partial charge on any atom is -0.497 e. The van der Waals surface area contributed by atoms with E-state index in [0.29, 0.717) is 18.0 Å². The maximum atomic E-state index is 13.4. The normalized spacial score (nSPS) is 17.5. The zero-order chi connectivity index (χ0) is 25.1. The molecule has 184 valence electrons. The number of carbonyl (C=O) groups is 2. The van der Waals surface area contributed by atoms with Crippen molar-refractivity contribution < 1.29 is 14.3 Å². The van der Waals surface area contributed by atoms with E-state index in [1.54, 1.807) is 13.3 Å². The Morgan fingerprint density at radius 1 is 1.14 bits per heavy atom. The lowest BCUT2D eigenvalue weighted by Gasteiger charge is -2.28. The summed E-state index contributed by atoms with van der Waals surface area (Å²) in [5.74, 6) is 0.749. The first kappa shape index (κ1) is 23.5. The van der Waals surface area contributed by atoms with E-state index in [1.807, 2.05) is 76.3 Å². The number of nitrogens with one attached hydrogen (secondary N) is 1. The first-order chi connectivity index (χ1) is 17.6. The molecule has 1 aliphatic heterocycles. The van der Waals surface area contributed by atoms with Crippen molar-refractivity contribution in [1.29, 1.82) is 0 Å². The van der Waals surface area contributed by atoms with Crippen molar-refractivity contribution in [3.63, 3.8) is 0 Å². The molecule has 8 heteroatoms. The van der Waals surface area contributed by atoms with Crippen molar-refractivity contribution in [3.05, 3.63) is 78.8 Å². The molecule has 1 N–H and O–H groups in total. The van der Waals surface area contributed by atoms with Gasteiger partial charge in [0.25, 0.3) is 0 Å². The number of methoxy groups -OCH3 is 1. The van der Waals surface area contributed by atoms with Gasteiger partial charge in [0.15, 0.2) is 0 Å². The predicted octanol–water partition coefficient (Wildman–Crippen LogP) is 4.73. The van der Waals surface area contributed by atoms with Crippen LogP contribution in [0.4, 0.5) is 5.69 Å². The van der Waals surface area contributed by atoms with Crippen molar-refractivity contribution >= 4 is 23.3 Å². The molecule has 4 aromatic rings. The summed E-state index contributed by atoms with van der Waals surface area (Å²) < 4.78 is 7.15. The van der Waals surface area contributed by atoms with E-state index >= 15 is 0 Å². The monoisotopic (exact) mass is 483 g/mol. The molecule has 0 saturated carbocycles. The molecule has 2 unspecified atom stereocenters. The molecule has 1 fully saturated rings. The molecule has 2 aromatic heterocycles. The van der Waals surface area contributed by atoms with Gasteiger partial charge < -0.3 is 15.0 Å². The number of amides is 2. The third kappa shape index (κ3) is 4.66. The fourth-order valence-electron chi connectivity index (χ4n) is 4.76. The fourth-order valence-corrected chi connectivity index (χ4v) is 4.76. The topological polar surface area (TPSA) is 88.8 Å². The van der Waals surface area contributed by atoms with Crippen LogP contribution in [0.2, 0.25) is 0 Å². The lowest BCUT2D eigenvalue weighted by atomic mass is 9.92. The van der Waals surface area contributed by atoms with Crippen molar-refractivity contribution in [1.82, 2.24) is 19.3 Å². The summed E-state index contributed by atoms with van der Waals surface area (Å²) in [5, 5.41) is 3.03. The number of imidazole rings is 1. The number of fused-ring (bicyclic) bond motifs is 1. The average Bonchev–Trinajstić information content (AvgIpc) is 3.49. The van der Waals surface area contributed by atoms with Gasteiger partial charge in [-0.15, -0.1) is 0 Å². The van der Waals surface area contributed by atoms with Crippen LogP contribution in [0.1, 0.15) is 37.8 Å². The maximum Gasteiger partial charge on any atom is 0.234 e. The van der Waals surface area contributed by atoms with Crippen molar-refractivity contribution in [2.75, 3.05) is 19.0 Å². The molecule has 36 heavy (non-hydrogen) atoms. The molecule has 0 aliphatic carbocycles.